The number of benzene rings is 1. The lowest BCUT2D eigenvalue weighted by Gasteiger charge is -2.02. The standard InChI is InChI=1S/C10H11N3O4/c11-10(16)13-12-5-7-1-3-8(4-2-7)17-6-9(14)15/h1-5H,6H2,(H,14,15)(H3,11,13,16)/b12-5-. The maximum absolute atomic E-state index is 10.3. The topological polar surface area (TPSA) is 114 Å². The molecule has 1 rings (SSSR count). The first-order valence-electron chi connectivity index (χ1n) is 4.61. The van der Waals surface area contributed by atoms with Crippen molar-refractivity contribution in [3.63, 3.8) is 0 Å². The van der Waals surface area contributed by atoms with Gasteiger partial charge in [-0.3, -0.25) is 0 Å². The number of nitrogens with zero attached hydrogens (tertiary/aromatic N) is 1. The second-order valence-electron chi connectivity index (χ2n) is 2.99. The fourth-order valence-electron chi connectivity index (χ4n) is 0.966. The van der Waals surface area contributed by atoms with Gasteiger partial charge in [-0.25, -0.2) is 15.0 Å². The van der Waals surface area contributed by atoms with E-state index in [2.05, 4.69) is 5.10 Å². The van der Waals surface area contributed by atoms with Crippen LogP contribution in [0.5, 0.6) is 5.75 Å². The molecule has 0 spiro atoms. The lowest BCUT2D eigenvalue weighted by Crippen LogP contribution is -2.24. The van der Waals surface area contributed by atoms with Crippen molar-refractivity contribution in [1.29, 1.82) is 0 Å². The summed E-state index contributed by atoms with van der Waals surface area (Å²) in [7, 11) is 0. The molecule has 1 aromatic rings. The summed E-state index contributed by atoms with van der Waals surface area (Å²) in [5.41, 5.74) is 7.57. The van der Waals surface area contributed by atoms with Gasteiger partial charge in [0.2, 0.25) is 0 Å². The molecule has 0 fully saturated rings. The second kappa shape index (κ2) is 6.11. The summed E-state index contributed by atoms with van der Waals surface area (Å²) in [5, 5.41) is 12.0. The Balaban J connectivity index is 2.52. The summed E-state index contributed by atoms with van der Waals surface area (Å²) in [5.74, 6) is -0.603. The minimum absolute atomic E-state index is 0.392. The normalized spacial score (nSPS) is 10.1. The Morgan fingerprint density at radius 1 is 1.41 bits per heavy atom. The minimum Gasteiger partial charge on any atom is -0.482 e. The van der Waals surface area contributed by atoms with Crippen LogP contribution in [0.4, 0.5) is 4.79 Å². The predicted octanol–water partition coefficient (Wildman–Crippen LogP) is 0.152. The molecule has 2 amide bonds. The van der Waals surface area contributed by atoms with Crippen LogP contribution in [0.3, 0.4) is 0 Å². The number of amides is 2. The summed E-state index contributed by atoms with van der Waals surface area (Å²) in [4.78, 5) is 20.6. The van der Waals surface area contributed by atoms with Gasteiger partial charge in [-0.1, -0.05) is 0 Å². The quantitative estimate of drug-likeness (QED) is 0.499. The lowest BCUT2D eigenvalue weighted by molar-refractivity contribution is -0.139. The van der Waals surface area contributed by atoms with E-state index in [0.717, 1.165) is 0 Å². The van der Waals surface area contributed by atoms with Crippen molar-refractivity contribution in [2.45, 2.75) is 0 Å². The molecule has 4 N–H and O–H groups in total. The summed E-state index contributed by atoms with van der Waals surface area (Å²) in [6, 6.07) is 5.75. The minimum atomic E-state index is -1.04. The molecular weight excluding hydrogens is 226 g/mol. The first-order valence-corrected chi connectivity index (χ1v) is 4.61. The Morgan fingerprint density at radius 2 is 2.06 bits per heavy atom. The van der Waals surface area contributed by atoms with Crippen LogP contribution in [-0.4, -0.2) is 29.9 Å². The number of hydrazone groups is 1. The third-order valence-corrected chi connectivity index (χ3v) is 1.63. The SMILES string of the molecule is NC(=O)N/N=C\c1ccc(OCC(=O)O)cc1. The third kappa shape index (κ3) is 5.17. The van der Waals surface area contributed by atoms with Gasteiger partial charge in [-0.15, -0.1) is 0 Å². The van der Waals surface area contributed by atoms with E-state index in [0.29, 0.717) is 11.3 Å². The van der Waals surface area contributed by atoms with Gasteiger partial charge in [0.25, 0.3) is 0 Å². The molecule has 1 aromatic carbocycles. The average molecular weight is 237 g/mol. The van der Waals surface area contributed by atoms with Crippen LogP contribution in [0, 0.1) is 0 Å². The van der Waals surface area contributed by atoms with Gasteiger partial charge in [0.1, 0.15) is 5.75 Å². The number of carboxylic acid groups (broad SMARTS) is 1. The molecule has 0 aliphatic rings. The summed E-state index contributed by atoms with van der Waals surface area (Å²) < 4.78 is 4.93. The maximum atomic E-state index is 10.3. The van der Waals surface area contributed by atoms with Gasteiger partial charge in [-0.2, -0.15) is 5.10 Å². The van der Waals surface area contributed by atoms with Crippen molar-refractivity contribution >= 4 is 18.2 Å². The van der Waals surface area contributed by atoms with E-state index in [4.69, 9.17) is 15.6 Å². The van der Waals surface area contributed by atoms with E-state index < -0.39 is 18.6 Å². The van der Waals surface area contributed by atoms with Crippen molar-refractivity contribution in [3.8, 4) is 5.75 Å². The van der Waals surface area contributed by atoms with Crippen LogP contribution in [0.25, 0.3) is 0 Å². The fourth-order valence-corrected chi connectivity index (χ4v) is 0.966. The molecule has 0 unspecified atom stereocenters. The summed E-state index contributed by atoms with van der Waals surface area (Å²) in [6.07, 6.45) is 1.39. The molecule has 0 aliphatic carbocycles. The zero-order chi connectivity index (χ0) is 12.7. The number of ether oxygens (including phenoxy) is 1. The monoisotopic (exact) mass is 237 g/mol. The van der Waals surface area contributed by atoms with E-state index in [9.17, 15) is 9.59 Å². The van der Waals surface area contributed by atoms with Crippen molar-refractivity contribution < 1.29 is 19.4 Å². The molecule has 0 bridgehead atoms. The van der Waals surface area contributed by atoms with E-state index in [1.54, 1.807) is 24.3 Å². The number of urea groups is 1. The Hall–Kier alpha value is -2.57. The number of nitrogens with two attached hydrogens (primary N) is 1. The Kier molecular flexibility index (Phi) is 4.49. The maximum Gasteiger partial charge on any atom is 0.341 e. The van der Waals surface area contributed by atoms with Crippen LogP contribution >= 0.6 is 0 Å². The molecule has 0 heterocycles. The molecule has 0 saturated heterocycles. The molecule has 0 aliphatic heterocycles. The Labute approximate surface area is 96.9 Å². The Morgan fingerprint density at radius 3 is 2.59 bits per heavy atom. The van der Waals surface area contributed by atoms with Gasteiger partial charge < -0.3 is 15.6 Å². The molecule has 7 nitrogen and oxygen atoms in total. The molecule has 0 saturated carbocycles. The molecular formula is C10H11N3O4. The zero-order valence-corrected chi connectivity index (χ0v) is 8.79. The largest absolute Gasteiger partial charge is 0.482 e. The molecule has 90 valence electrons. The number of carboxylic acids is 1. The number of carbonyl (C=O) groups excluding carboxylic acids is 1. The van der Waals surface area contributed by atoms with Gasteiger partial charge in [0, 0.05) is 0 Å². The van der Waals surface area contributed by atoms with E-state index in [1.165, 1.54) is 6.21 Å². The number of hydrogen-bond donors (Lipinski definition) is 3. The number of carbonyl (C=O) groups is 2. The van der Waals surface area contributed by atoms with Crippen LogP contribution in [0.15, 0.2) is 29.4 Å². The fraction of sp³-hybridized carbons (Fsp3) is 0.100. The second-order valence-corrected chi connectivity index (χ2v) is 2.99. The van der Waals surface area contributed by atoms with Crippen molar-refractivity contribution in [3.05, 3.63) is 29.8 Å². The van der Waals surface area contributed by atoms with Crippen LogP contribution in [-0.2, 0) is 4.79 Å². The number of hydrogen-bond acceptors (Lipinski definition) is 4. The highest BCUT2D eigenvalue weighted by molar-refractivity contribution is 5.81. The number of primary amides is 1. The summed E-state index contributed by atoms with van der Waals surface area (Å²) >= 11 is 0. The summed E-state index contributed by atoms with van der Waals surface area (Å²) in [6.45, 7) is -0.392. The zero-order valence-electron chi connectivity index (χ0n) is 8.79. The van der Waals surface area contributed by atoms with Crippen LogP contribution in [0.1, 0.15) is 5.56 Å². The average Bonchev–Trinajstić information content (AvgIpc) is 2.27. The van der Waals surface area contributed by atoms with Crippen molar-refractivity contribution in [1.82, 2.24) is 5.43 Å². The van der Waals surface area contributed by atoms with Gasteiger partial charge in [0.15, 0.2) is 6.61 Å². The van der Waals surface area contributed by atoms with E-state index in [1.807, 2.05) is 5.43 Å². The van der Waals surface area contributed by atoms with E-state index >= 15 is 0 Å². The van der Waals surface area contributed by atoms with Crippen LogP contribution in [0.2, 0.25) is 0 Å². The highest BCUT2D eigenvalue weighted by atomic mass is 16.5. The third-order valence-electron chi connectivity index (χ3n) is 1.63. The highest BCUT2D eigenvalue weighted by Gasteiger charge is 1.98. The number of nitrogens with one attached hydrogen (secondary N) is 1. The van der Waals surface area contributed by atoms with Crippen LogP contribution < -0.4 is 15.9 Å². The van der Waals surface area contributed by atoms with E-state index in [-0.39, 0.29) is 0 Å². The highest BCUT2D eigenvalue weighted by Crippen LogP contribution is 2.10. The molecule has 0 atom stereocenters. The molecule has 7 heteroatoms. The molecule has 0 radical (unpaired) electrons. The first-order chi connectivity index (χ1) is 8.08. The Bertz CT molecular complexity index is 428. The van der Waals surface area contributed by atoms with Crippen molar-refractivity contribution in [2.75, 3.05) is 6.61 Å². The van der Waals surface area contributed by atoms with Gasteiger partial charge in [0.05, 0.1) is 6.21 Å². The molecule has 0 aromatic heterocycles. The van der Waals surface area contributed by atoms with Gasteiger partial charge >= 0.3 is 12.0 Å². The van der Waals surface area contributed by atoms with Crippen molar-refractivity contribution in [2.24, 2.45) is 10.8 Å². The predicted molar refractivity (Wildman–Crippen MR) is 59.9 cm³/mol. The first kappa shape index (κ1) is 12.5. The number of rotatable bonds is 5. The van der Waals surface area contributed by atoms with Gasteiger partial charge in [-0.05, 0) is 29.8 Å². The smallest absolute Gasteiger partial charge is 0.341 e. The molecule has 17 heavy (non-hydrogen) atoms. The lowest BCUT2D eigenvalue weighted by atomic mass is 10.2. The number of aliphatic carboxylic acids is 1.